The Labute approximate surface area is 135 Å². The Bertz CT molecular complexity index is 413. The number of ether oxygens (including phenoxy) is 1. The van der Waals surface area contributed by atoms with Crippen LogP contribution in [0.25, 0.3) is 0 Å². The minimum atomic E-state index is -4.06. The van der Waals surface area contributed by atoms with Crippen molar-refractivity contribution in [2.45, 2.75) is 76.7 Å². The van der Waals surface area contributed by atoms with E-state index in [1.807, 2.05) is 20.8 Å². The van der Waals surface area contributed by atoms with Crippen molar-refractivity contribution in [2.24, 2.45) is 5.92 Å². The molecule has 2 aliphatic rings. The summed E-state index contributed by atoms with van der Waals surface area (Å²) in [5.74, 6) is -1.15. The van der Waals surface area contributed by atoms with Crippen molar-refractivity contribution in [3.8, 4) is 0 Å². The molecule has 134 valence electrons. The number of nitrogens with zero attached hydrogens (tertiary/aromatic N) is 1. The standard InChI is InChI=1S/C16H27F3N2O2/c1-15(2,3)23-14(22)21-9-8-13(10-21)20-12-6-4-11(5-7-12)16(17,18)19/h11-13,20H,4-10H2,1-3H3/t11?,12?,13-/m0/s1. The lowest BCUT2D eigenvalue weighted by Crippen LogP contribution is -2.44. The Morgan fingerprint density at radius 3 is 2.17 bits per heavy atom. The van der Waals surface area contributed by atoms with Crippen LogP contribution in [0.15, 0.2) is 0 Å². The van der Waals surface area contributed by atoms with Crippen LogP contribution < -0.4 is 5.32 Å². The Morgan fingerprint density at radius 2 is 1.65 bits per heavy atom. The summed E-state index contributed by atoms with van der Waals surface area (Å²) >= 11 is 0. The molecule has 1 aliphatic carbocycles. The maximum Gasteiger partial charge on any atom is 0.410 e. The molecule has 1 saturated heterocycles. The first-order chi connectivity index (χ1) is 10.5. The van der Waals surface area contributed by atoms with Gasteiger partial charge >= 0.3 is 12.3 Å². The van der Waals surface area contributed by atoms with Gasteiger partial charge in [0.05, 0.1) is 5.92 Å². The number of alkyl halides is 3. The highest BCUT2D eigenvalue weighted by molar-refractivity contribution is 5.68. The summed E-state index contributed by atoms with van der Waals surface area (Å²) in [6.07, 6.45) is -2.07. The van der Waals surface area contributed by atoms with Crippen LogP contribution in [0.3, 0.4) is 0 Å². The van der Waals surface area contributed by atoms with Gasteiger partial charge in [-0.05, 0) is 52.9 Å². The first-order valence-corrected chi connectivity index (χ1v) is 8.35. The van der Waals surface area contributed by atoms with Crippen LogP contribution in [-0.4, -0.2) is 47.9 Å². The second-order valence-corrected chi connectivity index (χ2v) is 7.67. The van der Waals surface area contributed by atoms with Crippen molar-refractivity contribution in [3.63, 3.8) is 0 Å². The van der Waals surface area contributed by atoms with Gasteiger partial charge in [0, 0.05) is 25.2 Å². The molecule has 1 atom stereocenters. The van der Waals surface area contributed by atoms with Crippen molar-refractivity contribution in [1.82, 2.24) is 10.2 Å². The third kappa shape index (κ3) is 5.55. The molecule has 1 N–H and O–H groups in total. The molecule has 2 rings (SSSR count). The zero-order chi connectivity index (χ0) is 17.3. The van der Waals surface area contributed by atoms with Gasteiger partial charge in [0.1, 0.15) is 5.60 Å². The predicted molar refractivity (Wildman–Crippen MR) is 81.1 cm³/mol. The number of halogens is 3. The minimum Gasteiger partial charge on any atom is -0.444 e. The molecule has 0 unspecified atom stereocenters. The van der Waals surface area contributed by atoms with Gasteiger partial charge in [0.25, 0.3) is 0 Å². The van der Waals surface area contributed by atoms with Crippen LogP contribution in [0.5, 0.6) is 0 Å². The van der Waals surface area contributed by atoms with E-state index < -0.39 is 17.7 Å². The molecule has 0 radical (unpaired) electrons. The van der Waals surface area contributed by atoms with Crippen LogP contribution in [0, 0.1) is 5.92 Å². The lowest BCUT2D eigenvalue weighted by atomic mass is 9.85. The summed E-state index contributed by atoms with van der Waals surface area (Å²) in [5, 5.41) is 3.42. The summed E-state index contributed by atoms with van der Waals surface area (Å²) in [6.45, 7) is 6.68. The van der Waals surface area contributed by atoms with Crippen LogP contribution in [-0.2, 0) is 4.74 Å². The van der Waals surface area contributed by atoms with Gasteiger partial charge in [-0.1, -0.05) is 0 Å². The van der Waals surface area contributed by atoms with Gasteiger partial charge in [-0.3, -0.25) is 0 Å². The zero-order valence-corrected chi connectivity index (χ0v) is 14.1. The molecular weight excluding hydrogens is 309 g/mol. The van der Waals surface area contributed by atoms with E-state index in [2.05, 4.69) is 5.32 Å². The smallest absolute Gasteiger partial charge is 0.410 e. The molecule has 2 fully saturated rings. The van der Waals surface area contributed by atoms with Gasteiger partial charge in [0.2, 0.25) is 0 Å². The lowest BCUT2D eigenvalue weighted by molar-refractivity contribution is -0.182. The molecule has 0 aromatic rings. The van der Waals surface area contributed by atoms with Crippen molar-refractivity contribution in [3.05, 3.63) is 0 Å². The lowest BCUT2D eigenvalue weighted by Gasteiger charge is -2.32. The fourth-order valence-corrected chi connectivity index (χ4v) is 3.31. The topological polar surface area (TPSA) is 41.6 Å². The number of carbonyl (C=O) groups excluding carboxylic acids is 1. The van der Waals surface area contributed by atoms with Crippen molar-refractivity contribution in [1.29, 1.82) is 0 Å². The normalized spacial score (nSPS) is 29.7. The van der Waals surface area contributed by atoms with Crippen molar-refractivity contribution in [2.75, 3.05) is 13.1 Å². The van der Waals surface area contributed by atoms with Gasteiger partial charge in [-0.15, -0.1) is 0 Å². The summed E-state index contributed by atoms with van der Waals surface area (Å²) in [7, 11) is 0. The summed E-state index contributed by atoms with van der Waals surface area (Å²) in [6, 6.07) is 0.271. The van der Waals surface area contributed by atoms with Crippen LogP contribution in [0.4, 0.5) is 18.0 Å². The molecule has 0 bridgehead atoms. The highest BCUT2D eigenvalue weighted by atomic mass is 19.4. The Morgan fingerprint density at radius 1 is 1.04 bits per heavy atom. The van der Waals surface area contributed by atoms with E-state index in [-0.39, 0.29) is 31.0 Å². The second-order valence-electron chi connectivity index (χ2n) is 7.67. The molecule has 1 saturated carbocycles. The number of amides is 1. The summed E-state index contributed by atoms with van der Waals surface area (Å²) < 4.78 is 43.4. The average molecular weight is 336 g/mol. The SMILES string of the molecule is CC(C)(C)OC(=O)N1CC[C@H](NC2CCC(C(F)(F)F)CC2)C1. The van der Waals surface area contributed by atoms with E-state index in [0.29, 0.717) is 25.9 Å². The highest BCUT2D eigenvalue weighted by Crippen LogP contribution is 2.37. The van der Waals surface area contributed by atoms with E-state index in [4.69, 9.17) is 4.74 Å². The zero-order valence-electron chi connectivity index (χ0n) is 14.1. The van der Waals surface area contributed by atoms with E-state index in [1.165, 1.54) is 0 Å². The molecule has 4 nitrogen and oxygen atoms in total. The fraction of sp³-hybridized carbons (Fsp3) is 0.938. The van der Waals surface area contributed by atoms with Gasteiger partial charge < -0.3 is 15.0 Å². The summed E-state index contributed by atoms with van der Waals surface area (Å²) in [4.78, 5) is 13.7. The number of carbonyl (C=O) groups is 1. The van der Waals surface area contributed by atoms with Gasteiger partial charge in [-0.25, -0.2) is 4.79 Å². The maximum atomic E-state index is 12.7. The predicted octanol–water partition coefficient (Wildman–Crippen LogP) is 3.71. The molecule has 0 spiro atoms. The fourth-order valence-electron chi connectivity index (χ4n) is 3.31. The van der Waals surface area contributed by atoms with Gasteiger partial charge in [-0.2, -0.15) is 13.2 Å². The Kier molecular flexibility index (Phi) is 5.48. The quantitative estimate of drug-likeness (QED) is 0.836. The van der Waals surface area contributed by atoms with E-state index >= 15 is 0 Å². The number of nitrogens with one attached hydrogen (secondary N) is 1. The molecule has 7 heteroatoms. The minimum absolute atomic E-state index is 0.122. The van der Waals surface area contributed by atoms with Crippen molar-refractivity contribution >= 4 is 6.09 Å². The molecule has 1 heterocycles. The van der Waals surface area contributed by atoms with Crippen molar-refractivity contribution < 1.29 is 22.7 Å². The molecule has 23 heavy (non-hydrogen) atoms. The van der Waals surface area contributed by atoms with Gasteiger partial charge in [0.15, 0.2) is 0 Å². The molecule has 1 aliphatic heterocycles. The highest BCUT2D eigenvalue weighted by Gasteiger charge is 2.42. The molecular formula is C16H27F3N2O2. The Balaban J connectivity index is 1.73. The van der Waals surface area contributed by atoms with Crippen LogP contribution in [0.1, 0.15) is 52.9 Å². The van der Waals surface area contributed by atoms with Crippen LogP contribution >= 0.6 is 0 Å². The monoisotopic (exact) mass is 336 g/mol. The maximum absolute atomic E-state index is 12.7. The number of hydrogen-bond acceptors (Lipinski definition) is 3. The van der Waals surface area contributed by atoms with E-state index in [1.54, 1.807) is 4.90 Å². The number of likely N-dealkylation sites (tertiary alicyclic amines) is 1. The first-order valence-electron chi connectivity index (χ1n) is 8.35. The second kappa shape index (κ2) is 6.87. The molecule has 0 aromatic heterocycles. The van der Waals surface area contributed by atoms with E-state index in [9.17, 15) is 18.0 Å². The third-order valence-electron chi connectivity index (χ3n) is 4.50. The van der Waals surface area contributed by atoms with Crippen LogP contribution in [0.2, 0.25) is 0 Å². The molecule has 0 aromatic carbocycles. The largest absolute Gasteiger partial charge is 0.444 e. The third-order valence-corrected chi connectivity index (χ3v) is 4.50. The molecule has 1 amide bonds. The number of rotatable bonds is 2. The van der Waals surface area contributed by atoms with E-state index in [0.717, 1.165) is 6.42 Å². The first kappa shape index (κ1) is 18.4. The number of hydrogen-bond donors (Lipinski definition) is 1. The Hall–Kier alpha value is -0.980. The summed E-state index contributed by atoms with van der Waals surface area (Å²) in [5.41, 5.74) is -0.515. The average Bonchev–Trinajstić information content (AvgIpc) is 2.85.